The highest BCUT2D eigenvalue weighted by atomic mass is 16.6. The van der Waals surface area contributed by atoms with Gasteiger partial charge in [0.1, 0.15) is 31.2 Å². The molecule has 8 nitrogen and oxygen atoms in total. The zero-order chi connectivity index (χ0) is 37.7. The second-order valence-corrected chi connectivity index (χ2v) is 14.7. The molecule has 0 unspecified atom stereocenters. The van der Waals surface area contributed by atoms with Crippen molar-refractivity contribution in [2.75, 3.05) is 13.1 Å². The highest BCUT2D eigenvalue weighted by Crippen LogP contribution is 2.43. The summed E-state index contributed by atoms with van der Waals surface area (Å²) >= 11 is 0. The Morgan fingerprint density at radius 1 is 0.778 bits per heavy atom. The molecule has 276 valence electrons. The molecule has 0 saturated carbocycles. The van der Waals surface area contributed by atoms with Crippen molar-refractivity contribution in [3.05, 3.63) is 154 Å². The number of esters is 1. The van der Waals surface area contributed by atoms with Crippen LogP contribution in [0.2, 0.25) is 0 Å². The van der Waals surface area contributed by atoms with Crippen LogP contribution < -0.4 is 9.47 Å². The smallest absolute Gasteiger partial charge is 0.410 e. The zero-order valence-electron chi connectivity index (χ0n) is 31.4. The second kappa shape index (κ2) is 16.0. The standard InChI is InChI=1S/C46H46N2O6/c1-5-37-41(34-21-22-38-35(25-34)26-36-27-48(24-23-39(36)38)45(50)54-46(2,3)4)47-43(52-29-32-17-11-7-12-18-32)40(42(37)51-28-31-15-9-6-10-16-31)44(49)53-30-33-19-13-8-14-20-33/h6-22,25H,5,23-24,26-30H2,1-4H3. The molecule has 7 rings (SSSR count). The number of nitrogens with zero attached hydrogens (tertiary/aromatic N) is 2. The van der Waals surface area contributed by atoms with Gasteiger partial charge < -0.3 is 23.8 Å². The molecule has 8 heteroatoms. The first-order valence-corrected chi connectivity index (χ1v) is 18.6. The molecule has 2 aliphatic rings. The Bertz CT molecular complexity index is 2160. The summed E-state index contributed by atoms with van der Waals surface area (Å²) in [7, 11) is 0. The summed E-state index contributed by atoms with van der Waals surface area (Å²) in [6.45, 7) is 9.40. The van der Waals surface area contributed by atoms with Gasteiger partial charge in [-0.2, -0.15) is 0 Å². The number of hydrogen-bond donors (Lipinski definition) is 0. The van der Waals surface area contributed by atoms with E-state index in [2.05, 4.69) is 18.2 Å². The maximum atomic E-state index is 14.2. The van der Waals surface area contributed by atoms with Crippen LogP contribution in [0.25, 0.3) is 16.8 Å². The minimum absolute atomic E-state index is 0.0903. The van der Waals surface area contributed by atoms with Gasteiger partial charge in [-0.3, -0.25) is 0 Å². The first-order chi connectivity index (χ1) is 26.2. The molecule has 0 spiro atoms. The summed E-state index contributed by atoms with van der Waals surface area (Å²) in [5, 5.41) is 0. The quantitative estimate of drug-likeness (QED) is 0.126. The predicted molar refractivity (Wildman–Crippen MR) is 209 cm³/mol. The molecule has 0 saturated heterocycles. The SMILES string of the molecule is CCc1c(-c2ccc3c(c2)CC2=C3CCN(C(=O)OC(C)(C)C)C2)nc(OCc2ccccc2)c(C(=O)OCc2ccccc2)c1OCc1ccccc1. The molecule has 5 aromatic rings. The normalized spacial score (nSPS) is 13.6. The Hall–Kier alpha value is -5.89. The largest absolute Gasteiger partial charge is 0.487 e. The van der Waals surface area contributed by atoms with Gasteiger partial charge >= 0.3 is 12.1 Å². The molecule has 1 aromatic heterocycles. The van der Waals surface area contributed by atoms with Crippen molar-refractivity contribution in [1.82, 2.24) is 9.88 Å². The number of ether oxygens (including phenoxy) is 4. The van der Waals surface area contributed by atoms with E-state index in [0.717, 1.165) is 40.7 Å². The van der Waals surface area contributed by atoms with E-state index in [1.807, 2.05) is 119 Å². The van der Waals surface area contributed by atoms with Crippen LogP contribution in [0.3, 0.4) is 0 Å². The van der Waals surface area contributed by atoms with Crippen LogP contribution in [0.15, 0.2) is 115 Å². The number of rotatable bonds is 11. The fourth-order valence-electron chi connectivity index (χ4n) is 7.05. The van der Waals surface area contributed by atoms with Crippen molar-refractivity contribution in [3.8, 4) is 22.9 Å². The number of pyridine rings is 1. The van der Waals surface area contributed by atoms with E-state index >= 15 is 0 Å². The number of hydrogen-bond acceptors (Lipinski definition) is 7. The molecule has 0 atom stereocenters. The third-order valence-corrected chi connectivity index (χ3v) is 9.63. The van der Waals surface area contributed by atoms with Crippen molar-refractivity contribution < 1.29 is 28.5 Å². The second-order valence-electron chi connectivity index (χ2n) is 14.7. The number of fused-ring (bicyclic) bond motifs is 2. The summed E-state index contributed by atoms with van der Waals surface area (Å²) in [4.78, 5) is 34.0. The first kappa shape index (κ1) is 36.5. The van der Waals surface area contributed by atoms with Crippen LogP contribution in [0.4, 0.5) is 4.79 Å². The lowest BCUT2D eigenvalue weighted by molar-refractivity contribution is 0.0264. The minimum atomic E-state index is -0.570. The molecule has 0 bridgehead atoms. The van der Waals surface area contributed by atoms with Crippen LogP contribution in [0.5, 0.6) is 11.6 Å². The number of aromatic nitrogens is 1. The third kappa shape index (κ3) is 8.33. The van der Waals surface area contributed by atoms with Gasteiger partial charge in [-0.25, -0.2) is 14.6 Å². The van der Waals surface area contributed by atoms with E-state index in [9.17, 15) is 9.59 Å². The minimum Gasteiger partial charge on any atom is -0.487 e. The zero-order valence-corrected chi connectivity index (χ0v) is 31.4. The van der Waals surface area contributed by atoms with Crippen molar-refractivity contribution >= 4 is 17.6 Å². The molecule has 2 heterocycles. The summed E-state index contributed by atoms with van der Waals surface area (Å²) in [6, 6.07) is 35.7. The highest BCUT2D eigenvalue weighted by molar-refractivity contribution is 5.97. The molecule has 0 fully saturated rings. The van der Waals surface area contributed by atoms with Gasteiger partial charge in [0.05, 0.1) is 5.69 Å². The van der Waals surface area contributed by atoms with E-state index in [1.54, 1.807) is 4.90 Å². The van der Waals surface area contributed by atoms with E-state index in [0.29, 0.717) is 31.0 Å². The average Bonchev–Trinajstić information content (AvgIpc) is 3.55. The van der Waals surface area contributed by atoms with Crippen molar-refractivity contribution in [3.63, 3.8) is 0 Å². The van der Waals surface area contributed by atoms with Crippen molar-refractivity contribution in [1.29, 1.82) is 0 Å². The molecule has 54 heavy (non-hydrogen) atoms. The lowest BCUT2D eigenvalue weighted by Gasteiger charge is -2.31. The number of carbonyl (C=O) groups is 2. The van der Waals surface area contributed by atoms with Crippen LogP contribution in [-0.4, -0.2) is 40.6 Å². The summed E-state index contributed by atoms with van der Waals surface area (Å²) in [6.07, 6.45) is 1.77. The molecular formula is C46H46N2O6. The molecule has 1 aliphatic carbocycles. The number of benzene rings is 4. The van der Waals surface area contributed by atoms with E-state index in [1.165, 1.54) is 22.3 Å². The maximum Gasteiger partial charge on any atom is 0.410 e. The fourth-order valence-corrected chi connectivity index (χ4v) is 7.05. The molecule has 0 radical (unpaired) electrons. The van der Waals surface area contributed by atoms with Gasteiger partial charge in [0.15, 0.2) is 5.56 Å². The first-order valence-electron chi connectivity index (χ1n) is 18.6. The Balaban J connectivity index is 1.27. The topological polar surface area (TPSA) is 87.2 Å². The molecule has 4 aromatic carbocycles. The van der Waals surface area contributed by atoms with Crippen molar-refractivity contribution in [2.24, 2.45) is 0 Å². The van der Waals surface area contributed by atoms with Gasteiger partial charge in [0.2, 0.25) is 5.88 Å². The molecule has 1 amide bonds. The molecular weight excluding hydrogens is 677 g/mol. The maximum absolute atomic E-state index is 14.2. The van der Waals surface area contributed by atoms with Crippen LogP contribution in [-0.2, 0) is 42.1 Å². The van der Waals surface area contributed by atoms with Gasteiger partial charge in [-0.15, -0.1) is 0 Å². The predicted octanol–water partition coefficient (Wildman–Crippen LogP) is 9.78. The fraction of sp³-hybridized carbons (Fsp3) is 0.283. The molecule has 0 N–H and O–H groups in total. The Kier molecular flexibility index (Phi) is 10.8. The summed E-state index contributed by atoms with van der Waals surface area (Å²) in [5.74, 6) is -0.0180. The van der Waals surface area contributed by atoms with Gasteiger partial charge in [-0.1, -0.05) is 110 Å². The van der Waals surface area contributed by atoms with Crippen LogP contribution in [0.1, 0.15) is 77.9 Å². The molecule has 1 aliphatic heterocycles. The van der Waals surface area contributed by atoms with Crippen LogP contribution in [0, 0.1) is 0 Å². The van der Waals surface area contributed by atoms with Gasteiger partial charge in [0, 0.05) is 24.2 Å². The lowest BCUT2D eigenvalue weighted by Crippen LogP contribution is -2.40. The van der Waals surface area contributed by atoms with E-state index < -0.39 is 11.6 Å². The lowest BCUT2D eigenvalue weighted by atomic mass is 9.95. The number of carbonyl (C=O) groups excluding carboxylic acids is 2. The number of amides is 1. The van der Waals surface area contributed by atoms with Crippen molar-refractivity contribution in [2.45, 2.75) is 72.4 Å². The Labute approximate surface area is 317 Å². The third-order valence-electron chi connectivity index (χ3n) is 9.63. The van der Waals surface area contributed by atoms with E-state index in [-0.39, 0.29) is 37.4 Å². The van der Waals surface area contributed by atoms with Gasteiger partial charge in [0.25, 0.3) is 0 Å². The van der Waals surface area contributed by atoms with Gasteiger partial charge in [-0.05, 0) is 85.1 Å². The van der Waals surface area contributed by atoms with E-state index in [4.69, 9.17) is 23.9 Å². The van der Waals surface area contributed by atoms with Crippen LogP contribution >= 0.6 is 0 Å². The monoisotopic (exact) mass is 722 g/mol. The highest BCUT2D eigenvalue weighted by Gasteiger charge is 2.33. The summed E-state index contributed by atoms with van der Waals surface area (Å²) < 4.78 is 24.7. The Morgan fingerprint density at radius 3 is 2.00 bits per heavy atom. The summed E-state index contributed by atoms with van der Waals surface area (Å²) in [5.41, 5.74) is 9.67. The average molecular weight is 723 g/mol. The Morgan fingerprint density at radius 2 is 1.39 bits per heavy atom.